The molecule has 3 unspecified atom stereocenters. The van der Waals surface area contributed by atoms with Gasteiger partial charge in [0.25, 0.3) is 0 Å². The van der Waals surface area contributed by atoms with Gasteiger partial charge in [-0.3, -0.25) is 9.97 Å². The topological polar surface area (TPSA) is 161 Å². The van der Waals surface area contributed by atoms with Crippen LogP contribution in [0, 0.1) is 0 Å². The van der Waals surface area contributed by atoms with Crippen LogP contribution < -0.4 is 17.1 Å². The molecule has 1 aromatic rings. The third-order valence-electron chi connectivity index (χ3n) is 4.67. The van der Waals surface area contributed by atoms with Crippen molar-refractivity contribution in [3.05, 3.63) is 55.8 Å². The standard InChI is InChI=1S/C20H29N3O8/c1-10(2)15(25)30-12(5)8-20(14(7)24,9-13(6)31-16(26)11(3)4)23-18(28)21-17(27)22-19(23)29/h12-14,24H,1,3,8-9H2,2,4-7H3,(H2,21,22,27,28,29). The lowest BCUT2D eigenvalue weighted by Gasteiger charge is -2.40. The number of rotatable bonds is 10. The number of aromatic amines is 2. The molecule has 0 amide bonds. The third kappa shape index (κ3) is 6.38. The predicted molar refractivity (Wildman–Crippen MR) is 112 cm³/mol. The fraction of sp³-hybridized carbons (Fsp3) is 0.550. The molecule has 0 fully saturated rings. The Morgan fingerprint density at radius 3 is 1.58 bits per heavy atom. The summed E-state index contributed by atoms with van der Waals surface area (Å²) in [5.74, 6) is -1.40. The van der Waals surface area contributed by atoms with Gasteiger partial charge in [-0.25, -0.2) is 28.5 Å². The molecule has 1 rings (SSSR count). The van der Waals surface area contributed by atoms with Gasteiger partial charge < -0.3 is 14.6 Å². The molecule has 11 heteroatoms. The Kier molecular flexibility index (Phi) is 8.50. The molecule has 0 spiro atoms. The number of nitrogens with one attached hydrogen (secondary N) is 2. The summed E-state index contributed by atoms with van der Waals surface area (Å²) in [6, 6.07) is 0. The summed E-state index contributed by atoms with van der Waals surface area (Å²) in [5.41, 5.74) is -4.61. The second-order valence-corrected chi connectivity index (χ2v) is 7.71. The zero-order valence-electron chi connectivity index (χ0n) is 18.3. The molecule has 1 heterocycles. The van der Waals surface area contributed by atoms with Gasteiger partial charge >= 0.3 is 29.0 Å². The average molecular weight is 439 g/mol. The van der Waals surface area contributed by atoms with Gasteiger partial charge in [-0.05, 0) is 34.6 Å². The largest absolute Gasteiger partial charge is 0.459 e. The monoisotopic (exact) mass is 439 g/mol. The number of nitrogens with zero attached hydrogens (tertiary/aromatic N) is 1. The van der Waals surface area contributed by atoms with Gasteiger partial charge in [0, 0.05) is 24.0 Å². The molecule has 11 nitrogen and oxygen atoms in total. The van der Waals surface area contributed by atoms with Crippen molar-refractivity contribution in [1.82, 2.24) is 14.5 Å². The molecule has 172 valence electrons. The van der Waals surface area contributed by atoms with Crippen LogP contribution in [0.25, 0.3) is 0 Å². The first kappa shape index (κ1) is 25.8. The highest BCUT2D eigenvalue weighted by molar-refractivity contribution is 5.87. The Morgan fingerprint density at radius 1 is 0.935 bits per heavy atom. The van der Waals surface area contributed by atoms with Crippen LogP contribution in [-0.2, 0) is 24.6 Å². The minimum absolute atomic E-state index is 0.136. The van der Waals surface area contributed by atoms with E-state index in [0.717, 1.165) is 0 Å². The van der Waals surface area contributed by atoms with Crippen molar-refractivity contribution in [3.63, 3.8) is 0 Å². The summed E-state index contributed by atoms with van der Waals surface area (Å²) in [7, 11) is 0. The van der Waals surface area contributed by atoms with Crippen LogP contribution in [0.2, 0.25) is 0 Å². The molecule has 3 N–H and O–H groups in total. The Bertz CT molecular complexity index is 960. The first-order valence-electron chi connectivity index (χ1n) is 9.58. The molecule has 1 aromatic heterocycles. The van der Waals surface area contributed by atoms with Crippen LogP contribution in [0.4, 0.5) is 0 Å². The quantitative estimate of drug-likeness (QED) is 0.342. The van der Waals surface area contributed by atoms with E-state index < -0.39 is 52.9 Å². The van der Waals surface area contributed by atoms with Crippen LogP contribution >= 0.6 is 0 Å². The Labute approximate surface area is 178 Å². The Morgan fingerprint density at radius 2 is 1.29 bits per heavy atom. The van der Waals surface area contributed by atoms with E-state index in [-0.39, 0.29) is 24.0 Å². The lowest BCUT2D eigenvalue weighted by Crippen LogP contribution is -2.60. The molecule has 0 aromatic carbocycles. The second-order valence-electron chi connectivity index (χ2n) is 7.71. The first-order valence-corrected chi connectivity index (χ1v) is 9.58. The number of hydrogen-bond donors (Lipinski definition) is 3. The lowest BCUT2D eigenvalue weighted by atomic mass is 9.81. The summed E-state index contributed by atoms with van der Waals surface area (Å²) < 4.78 is 11.2. The average Bonchev–Trinajstić information content (AvgIpc) is 2.59. The Balaban J connectivity index is 3.56. The second kappa shape index (κ2) is 10.2. The number of hydrogen-bond acceptors (Lipinski definition) is 8. The van der Waals surface area contributed by atoms with E-state index in [2.05, 4.69) is 13.2 Å². The number of aliphatic hydroxyl groups excluding tert-OH is 1. The van der Waals surface area contributed by atoms with E-state index >= 15 is 0 Å². The van der Waals surface area contributed by atoms with E-state index in [9.17, 15) is 29.1 Å². The molecule has 3 atom stereocenters. The number of carbonyl (C=O) groups excluding carboxylic acids is 2. The van der Waals surface area contributed by atoms with Crippen molar-refractivity contribution in [2.75, 3.05) is 0 Å². The number of aromatic nitrogens is 3. The SMILES string of the molecule is C=C(C)C(=O)OC(C)CC(CC(C)OC(=O)C(=C)C)(C(C)O)n1c(=O)[nH]c(=O)[nH]c1=O. The maximum atomic E-state index is 12.6. The number of H-pyrrole nitrogens is 2. The smallest absolute Gasteiger partial charge is 0.334 e. The van der Waals surface area contributed by atoms with Crippen molar-refractivity contribution in [2.45, 2.75) is 71.3 Å². The fourth-order valence-corrected chi connectivity index (χ4v) is 3.27. The fourth-order valence-electron chi connectivity index (χ4n) is 3.27. The Hall–Kier alpha value is -3.21. The van der Waals surface area contributed by atoms with Crippen molar-refractivity contribution in [1.29, 1.82) is 0 Å². The summed E-state index contributed by atoms with van der Waals surface area (Å²) in [6.45, 7) is 14.2. The molecule has 31 heavy (non-hydrogen) atoms. The molecule has 0 aliphatic rings. The van der Waals surface area contributed by atoms with Gasteiger partial charge in [0.15, 0.2) is 0 Å². The minimum atomic E-state index is -1.71. The summed E-state index contributed by atoms with van der Waals surface area (Å²) in [4.78, 5) is 64.4. The van der Waals surface area contributed by atoms with Gasteiger partial charge in [0.05, 0.1) is 11.6 Å². The molecule has 0 saturated carbocycles. The van der Waals surface area contributed by atoms with Crippen molar-refractivity contribution < 1.29 is 24.2 Å². The van der Waals surface area contributed by atoms with E-state index in [1.807, 2.05) is 9.97 Å². The number of ether oxygens (including phenoxy) is 2. The lowest BCUT2D eigenvalue weighted by molar-refractivity contribution is -0.148. The zero-order chi connectivity index (χ0) is 24.1. The molecule has 0 aliphatic heterocycles. The van der Waals surface area contributed by atoms with Gasteiger partial charge in [-0.2, -0.15) is 0 Å². The van der Waals surface area contributed by atoms with Crippen LogP contribution in [0.15, 0.2) is 38.7 Å². The molecular weight excluding hydrogens is 410 g/mol. The molecule has 0 aliphatic carbocycles. The number of carbonyl (C=O) groups is 2. The summed E-state index contributed by atoms with van der Waals surface area (Å²) in [6.07, 6.45) is -3.57. The first-order chi connectivity index (χ1) is 14.2. The van der Waals surface area contributed by atoms with E-state index in [0.29, 0.717) is 4.57 Å². The highest BCUT2D eigenvalue weighted by atomic mass is 16.5. The number of esters is 2. The maximum absolute atomic E-state index is 12.6. The molecule has 0 saturated heterocycles. The van der Waals surface area contributed by atoms with E-state index in [1.165, 1.54) is 34.6 Å². The van der Waals surface area contributed by atoms with Crippen LogP contribution in [0.5, 0.6) is 0 Å². The van der Waals surface area contributed by atoms with Gasteiger partial charge in [-0.1, -0.05) is 13.2 Å². The summed E-state index contributed by atoms with van der Waals surface area (Å²) >= 11 is 0. The predicted octanol–water partition coefficient (Wildman–Crippen LogP) is 0.0968. The van der Waals surface area contributed by atoms with E-state index in [4.69, 9.17) is 9.47 Å². The highest BCUT2D eigenvalue weighted by Gasteiger charge is 2.44. The van der Waals surface area contributed by atoms with E-state index in [1.54, 1.807) is 0 Å². The van der Waals surface area contributed by atoms with Crippen molar-refractivity contribution in [2.24, 2.45) is 0 Å². The third-order valence-corrected chi connectivity index (χ3v) is 4.67. The van der Waals surface area contributed by atoms with Gasteiger partial charge in [0.1, 0.15) is 12.2 Å². The number of aliphatic hydroxyl groups is 1. The van der Waals surface area contributed by atoms with Crippen molar-refractivity contribution >= 4 is 11.9 Å². The van der Waals surface area contributed by atoms with Gasteiger partial charge in [-0.15, -0.1) is 0 Å². The minimum Gasteiger partial charge on any atom is -0.459 e. The van der Waals surface area contributed by atoms with Crippen molar-refractivity contribution in [3.8, 4) is 0 Å². The van der Waals surface area contributed by atoms with Crippen LogP contribution in [0.1, 0.15) is 47.5 Å². The highest BCUT2D eigenvalue weighted by Crippen LogP contribution is 2.32. The normalized spacial score (nSPS) is 15.8. The van der Waals surface area contributed by atoms with Crippen LogP contribution in [-0.4, -0.2) is 49.9 Å². The zero-order valence-corrected chi connectivity index (χ0v) is 18.3. The summed E-state index contributed by atoms with van der Waals surface area (Å²) in [5, 5.41) is 10.7. The molecule has 0 radical (unpaired) electrons. The molecule has 0 bridgehead atoms. The van der Waals surface area contributed by atoms with Crippen LogP contribution in [0.3, 0.4) is 0 Å². The van der Waals surface area contributed by atoms with Gasteiger partial charge in [0.2, 0.25) is 0 Å². The molecular formula is C20H29N3O8. The maximum Gasteiger partial charge on any atom is 0.334 e.